The first-order chi connectivity index (χ1) is 28.7. The molecule has 2 aromatic carbocycles. The molecule has 3 aliphatic heterocycles. The Hall–Kier alpha value is -5.62. The van der Waals surface area contributed by atoms with Crippen LogP contribution in [0.15, 0.2) is 60.3 Å². The van der Waals surface area contributed by atoms with E-state index in [1.165, 1.54) is 11.3 Å². The van der Waals surface area contributed by atoms with Crippen LogP contribution < -0.4 is 15.5 Å². The predicted molar refractivity (Wildman–Crippen MR) is 203 cm³/mol. The molecule has 3 aromatic heterocycles. The number of allylic oxidation sites excluding steroid dienone is 1. The van der Waals surface area contributed by atoms with Gasteiger partial charge in [0.2, 0.25) is 5.91 Å². The Labute approximate surface area is 340 Å². The van der Waals surface area contributed by atoms with E-state index in [4.69, 9.17) is 14.7 Å². The Balaban J connectivity index is 1.05. The van der Waals surface area contributed by atoms with Gasteiger partial charge in [-0.1, -0.05) is 23.5 Å². The van der Waals surface area contributed by atoms with Crippen molar-refractivity contribution in [1.29, 1.82) is 0 Å². The maximum absolute atomic E-state index is 15.8. The molecule has 310 valence electrons. The van der Waals surface area contributed by atoms with Gasteiger partial charge in [-0.2, -0.15) is 32.0 Å². The fourth-order valence-corrected chi connectivity index (χ4v) is 9.84. The van der Waals surface area contributed by atoms with E-state index in [-0.39, 0.29) is 23.6 Å². The van der Waals surface area contributed by atoms with Crippen LogP contribution in [-0.2, 0) is 41.1 Å². The molecule has 10 rings (SSSR count). The average molecular weight is 851 g/mol. The molecular formula is C41H33F7N8O3S. The van der Waals surface area contributed by atoms with Gasteiger partial charge in [-0.3, -0.25) is 19.2 Å². The monoisotopic (exact) mass is 850 g/mol. The van der Waals surface area contributed by atoms with Crippen LogP contribution in [-0.4, -0.2) is 81.9 Å². The van der Waals surface area contributed by atoms with E-state index in [1.54, 1.807) is 24.3 Å². The highest BCUT2D eigenvalue weighted by atomic mass is 32.1. The van der Waals surface area contributed by atoms with E-state index in [0.29, 0.717) is 81.8 Å². The Bertz CT molecular complexity index is 2640. The second-order valence-electron chi connectivity index (χ2n) is 15.6. The molecule has 5 aliphatic rings. The maximum atomic E-state index is 15.8. The Morgan fingerprint density at radius 2 is 1.78 bits per heavy atom. The van der Waals surface area contributed by atoms with Gasteiger partial charge in [-0.05, 0) is 59.5 Å². The van der Waals surface area contributed by atoms with E-state index < -0.39 is 71.0 Å². The number of rotatable bonds is 9. The summed E-state index contributed by atoms with van der Waals surface area (Å²) in [6.07, 6.45) is -3.24. The van der Waals surface area contributed by atoms with Crippen molar-refractivity contribution in [3.05, 3.63) is 111 Å². The lowest BCUT2D eigenvalue weighted by Crippen LogP contribution is -2.56. The summed E-state index contributed by atoms with van der Waals surface area (Å²) in [5, 5.41) is 9.71. The number of anilines is 1. The number of nitrogens with zero attached hydrogens (tertiary/aromatic N) is 6. The topological polar surface area (TPSA) is 118 Å². The number of amides is 2. The second-order valence-corrected chi connectivity index (χ2v) is 16.6. The summed E-state index contributed by atoms with van der Waals surface area (Å²) in [7, 11) is 0. The van der Waals surface area contributed by atoms with Gasteiger partial charge in [0.05, 0.1) is 41.6 Å². The zero-order chi connectivity index (χ0) is 41.7. The van der Waals surface area contributed by atoms with Crippen molar-refractivity contribution >= 4 is 38.6 Å². The van der Waals surface area contributed by atoms with Crippen LogP contribution in [0, 0.1) is 17.6 Å². The minimum Gasteiger partial charge on any atom is -0.378 e. The molecule has 2 saturated heterocycles. The Morgan fingerprint density at radius 3 is 2.50 bits per heavy atom. The zero-order valence-corrected chi connectivity index (χ0v) is 32.1. The van der Waals surface area contributed by atoms with E-state index in [2.05, 4.69) is 31.3 Å². The molecule has 0 unspecified atom stereocenters. The van der Waals surface area contributed by atoms with Gasteiger partial charge in [0, 0.05) is 61.4 Å². The van der Waals surface area contributed by atoms with Crippen LogP contribution in [0.3, 0.4) is 0 Å². The number of alkyl halides is 5. The van der Waals surface area contributed by atoms with Crippen molar-refractivity contribution in [3.8, 4) is 11.1 Å². The van der Waals surface area contributed by atoms with Crippen molar-refractivity contribution in [2.75, 3.05) is 44.3 Å². The lowest BCUT2D eigenvalue weighted by atomic mass is 9.93. The summed E-state index contributed by atoms with van der Waals surface area (Å²) in [5.41, 5.74) is 1.87. The van der Waals surface area contributed by atoms with Gasteiger partial charge < -0.3 is 20.3 Å². The fourth-order valence-electron chi connectivity index (χ4n) is 8.84. The summed E-state index contributed by atoms with van der Waals surface area (Å²) in [6, 6.07) is 8.94. The number of carbonyl (C=O) groups excluding carboxylic acids is 2. The van der Waals surface area contributed by atoms with E-state index >= 15 is 8.78 Å². The first-order valence-electron chi connectivity index (χ1n) is 19.2. The first-order valence-corrected chi connectivity index (χ1v) is 20.1. The minimum atomic E-state index is -5.11. The smallest absolute Gasteiger partial charge is 0.378 e. The highest BCUT2D eigenvalue weighted by Gasteiger charge is 2.60. The molecule has 2 fully saturated rings. The molecular weight excluding hydrogens is 818 g/mol. The molecule has 0 bridgehead atoms. The van der Waals surface area contributed by atoms with Crippen LogP contribution in [0.5, 0.6) is 0 Å². The van der Waals surface area contributed by atoms with E-state index in [9.17, 15) is 31.5 Å². The quantitative estimate of drug-likeness (QED) is 0.132. The summed E-state index contributed by atoms with van der Waals surface area (Å²) in [4.78, 5) is 41.2. The summed E-state index contributed by atoms with van der Waals surface area (Å²) < 4.78 is 110. The maximum Gasteiger partial charge on any atom is 0.435 e. The minimum absolute atomic E-state index is 0.0879. The van der Waals surface area contributed by atoms with Gasteiger partial charge in [-0.15, -0.1) is 5.73 Å². The normalized spacial score (nSPS) is 21.2. The molecule has 2 amide bonds. The van der Waals surface area contributed by atoms with Crippen molar-refractivity contribution in [1.82, 2.24) is 35.3 Å². The van der Waals surface area contributed by atoms with Crippen LogP contribution in [0.2, 0.25) is 0 Å². The van der Waals surface area contributed by atoms with Gasteiger partial charge >= 0.3 is 6.18 Å². The van der Waals surface area contributed by atoms with Crippen LogP contribution in [0.25, 0.3) is 21.5 Å². The van der Waals surface area contributed by atoms with Gasteiger partial charge in [0.25, 0.3) is 11.8 Å². The van der Waals surface area contributed by atoms with Crippen LogP contribution in [0.1, 0.15) is 56.1 Å². The summed E-state index contributed by atoms with van der Waals surface area (Å²) in [6.45, 7) is 3.65. The number of fused-ring (bicyclic) bond motifs is 5. The molecule has 19 heteroatoms. The Kier molecular flexibility index (Phi) is 9.16. The molecule has 11 nitrogen and oxygen atoms in total. The highest BCUT2D eigenvalue weighted by molar-refractivity contribution is 7.22. The molecule has 60 heavy (non-hydrogen) atoms. The van der Waals surface area contributed by atoms with E-state index in [0.717, 1.165) is 42.9 Å². The molecule has 6 heterocycles. The van der Waals surface area contributed by atoms with Crippen LogP contribution >= 0.6 is 11.3 Å². The number of aromatic nitrogens is 4. The first kappa shape index (κ1) is 38.6. The molecule has 2 N–H and O–H groups in total. The molecule has 0 radical (unpaired) electrons. The fraction of sp³-hybridized carbons (Fsp3) is 0.366. The largest absolute Gasteiger partial charge is 0.435 e. The number of nitrogens with one attached hydrogen (secondary N) is 2. The van der Waals surface area contributed by atoms with Gasteiger partial charge in [-0.25, -0.2) is 13.8 Å². The van der Waals surface area contributed by atoms with Crippen molar-refractivity contribution in [2.45, 2.75) is 49.6 Å². The molecule has 0 spiro atoms. The zero-order valence-electron chi connectivity index (χ0n) is 31.3. The van der Waals surface area contributed by atoms with Gasteiger partial charge in [0.15, 0.2) is 16.5 Å². The Morgan fingerprint density at radius 1 is 1.02 bits per heavy atom. The van der Waals surface area contributed by atoms with Crippen molar-refractivity contribution < 1.29 is 45.1 Å². The lowest BCUT2D eigenvalue weighted by Gasteiger charge is -2.42. The highest BCUT2D eigenvalue weighted by Crippen LogP contribution is 2.58. The third kappa shape index (κ3) is 6.63. The number of benzene rings is 2. The molecule has 2 aliphatic carbocycles. The van der Waals surface area contributed by atoms with Crippen molar-refractivity contribution in [2.24, 2.45) is 5.92 Å². The summed E-state index contributed by atoms with van der Waals surface area (Å²) in [5.74, 6) is -9.91. The lowest BCUT2D eigenvalue weighted by molar-refractivity contribution is -0.142. The number of piperazine rings is 1. The predicted octanol–water partition coefficient (Wildman–Crippen LogP) is 6.25. The standard InChI is InChI=1S/C41H33F7N8O3S/c42-23-10-20(11-24(43)14-23)12-30(50-32(57)17-56-36-33(35(53-56)41(46,47)48)26-2-1-3-29(26)40(36,44)45)34-27(21-4-5-22-16-49-38(58)28(22)13-21)15-31-37(51-34)52-39(60-31)55-8-6-54(7-9-55)25-18-59-19-25/h2-5,10-11,13-15,25-26,29-30H,6-9,12,16-19H2,(H,49,58)(H,50,57)/t26-,29+,30-/m0/s1. The van der Waals surface area contributed by atoms with Crippen molar-refractivity contribution in [3.63, 3.8) is 0 Å². The average Bonchev–Trinajstić information content (AvgIpc) is 4.00. The third-order valence-corrected chi connectivity index (χ3v) is 12.9. The number of halogens is 7. The van der Waals surface area contributed by atoms with Gasteiger partial charge in [0.1, 0.15) is 23.9 Å². The molecule has 3 atom stereocenters. The number of hydrogen-bond donors (Lipinski definition) is 2. The summed E-state index contributed by atoms with van der Waals surface area (Å²) >= 11 is 1.39. The molecule has 5 aromatic rings. The second kappa shape index (κ2) is 14.2. The number of hydrogen-bond acceptors (Lipinski definition) is 9. The number of carbonyl (C=O) groups is 2. The number of ether oxygens (including phenoxy) is 1. The van der Waals surface area contributed by atoms with Crippen LogP contribution in [0.4, 0.5) is 35.9 Å². The van der Waals surface area contributed by atoms with E-state index in [1.807, 2.05) is 0 Å². The molecule has 0 saturated carbocycles. The number of thiazole rings is 1. The SMILES string of the molecule is O=C(Cn1nc(C(F)(F)F)c2c1C(F)(F)[C@@H]1C=C=C[C@H]21)N[C@@H](Cc1cc(F)cc(F)c1)c1nc2nc(N3CCN(C4COC4)CC3)sc2cc1-c1ccc2c(c1)C(=O)NC2. The number of pyridine rings is 1. The third-order valence-electron chi connectivity index (χ3n) is 11.8.